The molecular formula is C7H12ClN3O2. The Balaban J connectivity index is 0.00000144. The largest absolute Gasteiger partial charge is 1.00 e. The van der Waals surface area contributed by atoms with Crippen LogP contribution in [0.1, 0.15) is 24.2 Å². The van der Waals surface area contributed by atoms with Crippen molar-refractivity contribution < 1.29 is 27.0 Å². The highest BCUT2D eigenvalue weighted by Crippen LogP contribution is 2.06. The molecule has 0 saturated heterocycles. The van der Waals surface area contributed by atoms with Gasteiger partial charge in [-0.2, -0.15) is 5.10 Å². The molecule has 0 saturated carbocycles. The van der Waals surface area contributed by atoms with E-state index in [1.165, 1.54) is 6.20 Å². The number of nitrogens with one attached hydrogen (secondary N) is 2. The molecule has 1 aromatic heterocycles. The third-order valence-corrected chi connectivity index (χ3v) is 1.28. The average Bonchev–Trinajstić information content (AvgIpc) is 2.33. The Morgan fingerprint density at radius 2 is 2.31 bits per heavy atom. The third kappa shape index (κ3) is 2.95. The van der Waals surface area contributed by atoms with Gasteiger partial charge in [-0.25, -0.2) is 4.79 Å². The van der Waals surface area contributed by atoms with Gasteiger partial charge in [-0.1, -0.05) is 0 Å². The van der Waals surface area contributed by atoms with Crippen LogP contribution < -0.4 is 23.2 Å². The fourth-order valence-electron chi connectivity index (χ4n) is 0.778. The van der Waals surface area contributed by atoms with Gasteiger partial charge in [-0.3, -0.25) is 0 Å². The quantitative estimate of drug-likeness (QED) is 0.505. The zero-order valence-electron chi connectivity index (χ0n) is 7.43. The summed E-state index contributed by atoms with van der Waals surface area (Å²) in [6, 6.07) is 0. The predicted octanol–water partition coefficient (Wildman–Crippen LogP) is -3.02. The highest BCUT2D eigenvalue weighted by molar-refractivity contribution is 5.93. The lowest BCUT2D eigenvalue weighted by Gasteiger charge is -2.04. The maximum Gasteiger partial charge on any atom is 0.348 e. The minimum absolute atomic E-state index is 0. The van der Waals surface area contributed by atoms with Gasteiger partial charge in [0.05, 0.1) is 6.10 Å². The molecule has 5 nitrogen and oxygen atoms in total. The molecule has 0 spiro atoms. The first-order valence-corrected chi connectivity index (χ1v) is 3.66. The van der Waals surface area contributed by atoms with Gasteiger partial charge < -0.3 is 22.9 Å². The molecule has 0 aliphatic heterocycles. The van der Waals surface area contributed by atoms with Crippen LogP contribution in [0.25, 0.3) is 0 Å². The van der Waals surface area contributed by atoms with E-state index in [1.54, 1.807) is 13.8 Å². The Bertz CT molecular complexity index is 285. The van der Waals surface area contributed by atoms with E-state index in [-0.39, 0.29) is 18.5 Å². The molecule has 4 N–H and O–H groups in total. The number of hydrogen-bond donors (Lipinski definition) is 2. The predicted molar refractivity (Wildman–Crippen MR) is 42.3 cm³/mol. The number of ether oxygens (including phenoxy) is 1. The van der Waals surface area contributed by atoms with E-state index in [9.17, 15) is 4.79 Å². The molecule has 13 heavy (non-hydrogen) atoms. The van der Waals surface area contributed by atoms with Crippen LogP contribution in [0, 0.1) is 0 Å². The average molecular weight is 206 g/mol. The number of carbonyl (C=O) groups excluding carboxylic acids is 1. The molecule has 0 atom stereocenters. The van der Waals surface area contributed by atoms with E-state index in [1.807, 2.05) is 0 Å². The fraction of sp³-hybridized carbons (Fsp3) is 0.429. The van der Waals surface area contributed by atoms with Crippen molar-refractivity contribution in [3.05, 3.63) is 11.8 Å². The van der Waals surface area contributed by atoms with Gasteiger partial charge in [0.1, 0.15) is 0 Å². The number of nitrogen functional groups attached to an aromatic ring is 1. The maximum absolute atomic E-state index is 11.2. The van der Waals surface area contributed by atoms with Gasteiger partial charge >= 0.3 is 5.97 Å². The van der Waals surface area contributed by atoms with Crippen molar-refractivity contribution in [1.29, 1.82) is 0 Å². The zero-order chi connectivity index (χ0) is 9.14. The standard InChI is InChI=1S/C7H11N3O2.ClH/c1-4(2)12-7(11)5-3-9-10-6(5)8;/h3-4H,1-2H3,(H3,8,9,10);1H. The van der Waals surface area contributed by atoms with Crippen LogP contribution >= 0.6 is 0 Å². The highest BCUT2D eigenvalue weighted by atomic mass is 35.5. The van der Waals surface area contributed by atoms with Gasteiger partial charge in [-0.05, 0) is 13.8 Å². The SMILES string of the molecule is CC(C)OC(=O)c1c[nH+][nH]c1N.[Cl-]. The minimum atomic E-state index is -0.417. The monoisotopic (exact) mass is 205 g/mol. The van der Waals surface area contributed by atoms with E-state index in [4.69, 9.17) is 10.5 Å². The minimum Gasteiger partial charge on any atom is -1.00 e. The van der Waals surface area contributed by atoms with Crippen molar-refractivity contribution in [2.45, 2.75) is 20.0 Å². The second-order valence-electron chi connectivity index (χ2n) is 2.70. The molecule has 1 heterocycles. The Hall–Kier alpha value is -1.23. The Morgan fingerprint density at radius 3 is 2.69 bits per heavy atom. The van der Waals surface area contributed by atoms with Gasteiger partial charge in [0, 0.05) is 0 Å². The number of anilines is 1. The molecule has 0 aliphatic rings. The van der Waals surface area contributed by atoms with Crippen LogP contribution in [-0.4, -0.2) is 17.2 Å². The number of halogens is 1. The Labute approximate surface area is 82.1 Å². The summed E-state index contributed by atoms with van der Waals surface area (Å²) in [6.45, 7) is 3.56. The molecule has 1 rings (SSSR count). The summed E-state index contributed by atoms with van der Waals surface area (Å²) in [7, 11) is 0. The third-order valence-electron chi connectivity index (χ3n) is 1.28. The summed E-state index contributed by atoms with van der Waals surface area (Å²) in [4.78, 5) is 11.2. The van der Waals surface area contributed by atoms with Gasteiger partial charge in [0.15, 0.2) is 11.4 Å². The lowest BCUT2D eigenvalue weighted by molar-refractivity contribution is -0.447. The van der Waals surface area contributed by atoms with Crippen molar-refractivity contribution in [1.82, 2.24) is 5.10 Å². The fourth-order valence-corrected chi connectivity index (χ4v) is 0.778. The summed E-state index contributed by atoms with van der Waals surface area (Å²) in [5.41, 5.74) is 5.77. The van der Waals surface area contributed by atoms with Crippen molar-refractivity contribution in [3.8, 4) is 0 Å². The number of carbonyl (C=O) groups is 1. The number of aromatic amines is 2. The molecule has 0 radical (unpaired) electrons. The Kier molecular flexibility index (Phi) is 4.27. The molecular weight excluding hydrogens is 194 g/mol. The van der Waals surface area contributed by atoms with Crippen molar-refractivity contribution in [2.75, 3.05) is 5.73 Å². The number of H-pyrrole nitrogens is 2. The number of esters is 1. The van der Waals surface area contributed by atoms with Crippen LogP contribution in [-0.2, 0) is 4.74 Å². The normalized spacial score (nSPS) is 9.46. The zero-order valence-corrected chi connectivity index (χ0v) is 8.18. The van der Waals surface area contributed by atoms with Crippen molar-refractivity contribution in [3.63, 3.8) is 0 Å². The second-order valence-corrected chi connectivity index (χ2v) is 2.70. The summed E-state index contributed by atoms with van der Waals surface area (Å²) in [5.74, 6) is -0.124. The number of aromatic nitrogens is 2. The topological polar surface area (TPSA) is 82.2 Å². The molecule has 0 aliphatic carbocycles. The first kappa shape index (κ1) is 11.8. The summed E-state index contributed by atoms with van der Waals surface area (Å²) >= 11 is 0. The number of hydrogen-bond acceptors (Lipinski definition) is 3. The van der Waals surface area contributed by atoms with Gasteiger partial charge in [-0.15, -0.1) is 5.10 Å². The first-order chi connectivity index (χ1) is 5.61. The van der Waals surface area contributed by atoms with Crippen LogP contribution in [0.4, 0.5) is 5.82 Å². The summed E-state index contributed by atoms with van der Waals surface area (Å²) < 4.78 is 4.92. The maximum atomic E-state index is 11.2. The summed E-state index contributed by atoms with van der Waals surface area (Å²) in [6.07, 6.45) is 1.34. The van der Waals surface area contributed by atoms with Crippen LogP contribution in [0.2, 0.25) is 0 Å². The smallest absolute Gasteiger partial charge is 0.348 e. The van der Waals surface area contributed by atoms with Crippen molar-refractivity contribution >= 4 is 11.8 Å². The second kappa shape index (κ2) is 4.71. The van der Waals surface area contributed by atoms with Crippen LogP contribution in [0.5, 0.6) is 0 Å². The molecule has 0 aromatic carbocycles. The van der Waals surface area contributed by atoms with E-state index >= 15 is 0 Å². The molecule has 74 valence electrons. The molecule has 0 fully saturated rings. The summed E-state index contributed by atoms with van der Waals surface area (Å²) in [5, 5.41) is 5.18. The van der Waals surface area contributed by atoms with Crippen LogP contribution in [0.3, 0.4) is 0 Å². The van der Waals surface area contributed by atoms with E-state index in [0.29, 0.717) is 11.4 Å². The molecule has 0 amide bonds. The lowest BCUT2D eigenvalue weighted by atomic mass is 10.3. The van der Waals surface area contributed by atoms with E-state index in [0.717, 1.165) is 0 Å². The van der Waals surface area contributed by atoms with Gasteiger partial charge in [0.2, 0.25) is 6.20 Å². The number of nitrogens with two attached hydrogens (primary N) is 1. The lowest BCUT2D eigenvalue weighted by Crippen LogP contribution is -3.00. The van der Waals surface area contributed by atoms with Gasteiger partial charge in [0.25, 0.3) is 0 Å². The van der Waals surface area contributed by atoms with E-state index < -0.39 is 5.97 Å². The Morgan fingerprint density at radius 1 is 1.69 bits per heavy atom. The van der Waals surface area contributed by atoms with E-state index in [2.05, 4.69) is 10.2 Å². The highest BCUT2D eigenvalue weighted by Gasteiger charge is 2.17. The van der Waals surface area contributed by atoms with Crippen molar-refractivity contribution in [2.24, 2.45) is 0 Å². The van der Waals surface area contributed by atoms with Crippen LogP contribution in [0.15, 0.2) is 6.20 Å². The molecule has 6 heteroatoms. The first-order valence-electron chi connectivity index (χ1n) is 3.66. The number of rotatable bonds is 2. The molecule has 0 unspecified atom stereocenters. The molecule has 1 aromatic rings. The molecule has 0 bridgehead atoms.